The summed E-state index contributed by atoms with van der Waals surface area (Å²) in [5.41, 5.74) is 2.51. The van der Waals surface area contributed by atoms with Crippen molar-refractivity contribution in [1.29, 1.82) is 0 Å². The van der Waals surface area contributed by atoms with Gasteiger partial charge in [-0.3, -0.25) is 0 Å². The fourth-order valence-corrected chi connectivity index (χ4v) is 10.5. The van der Waals surface area contributed by atoms with Crippen molar-refractivity contribution < 1.29 is 5.11 Å². The van der Waals surface area contributed by atoms with Gasteiger partial charge in [0.05, 0.1) is 10.2 Å². The molecule has 24 heavy (non-hydrogen) atoms. The monoisotopic (exact) mass is 364 g/mol. The Bertz CT molecular complexity index is 566. The van der Waals surface area contributed by atoms with Gasteiger partial charge in [0.1, 0.15) is 0 Å². The van der Waals surface area contributed by atoms with Crippen molar-refractivity contribution in [2.24, 2.45) is 28.6 Å². The summed E-state index contributed by atoms with van der Waals surface area (Å²) in [6.07, 6.45) is 13.2. The second-order valence-corrected chi connectivity index (χ2v) is 12.8. The van der Waals surface area contributed by atoms with Crippen LogP contribution in [0.5, 0.6) is 0 Å². The van der Waals surface area contributed by atoms with E-state index in [1.807, 2.05) is 5.57 Å². The van der Waals surface area contributed by atoms with Crippen LogP contribution in [0.4, 0.5) is 0 Å². The Balaban J connectivity index is 1.47. The van der Waals surface area contributed by atoms with Crippen molar-refractivity contribution in [2.45, 2.75) is 75.4 Å². The van der Waals surface area contributed by atoms with Crippen LogP contribution in [0.3, 0.4) is 0 Å². The second-order valence-electron chi connectivity index (χ2n) is 9.65. The fraction of sp³-hybridized carbons (Fsp3) is 0.905. The molecule has 1 spiro atoms. The molecule has 3 heteroatoms. The molecule has 0 bridgehead atoms. The number of hydrogen-bond donors (Lipinski definition) is 1. The Morgan fingerprint density at radius 1 is 0.958 bits per heavy atom. The molecule has 1 nitrogen and oxygen atoms in total. The molecule has 6 atom stereocenters. The van der Waals surface area contributed by atoms with Gasteiger partial charge >= 0.3 is 0 Å². The van der Waals surface area contributed by atoms with E-state index in [9.17, 15) is 5.11 Å². The number of hydrogen-bond acceptors (Lipinski definition) is 3. The lowest BCUT2D eigenvalue weighted by molar-refractivity contribution is -0.0736. The van der Waals surface area contributed by atoms with Crippen LogP contribution in [0, 0.1) is 28.6 Å². The summed E-state index contributed by atoms with van der Waals surface area (Å²) >= 11 is 4.44. The lowest BCUT2D eigenvalue weighted by Gasteiger charge is -2.59. The number of thioether (sulfide) groups is 2. The van der Waals surface area contributed by atoms with Gasteiger partial charge in [-0.25, -0.2) is 0 Å². The molecular formula is C21H32OS2. The zero-order valence-electron chi connectivity index (χ0n) is 15.2. The first kappa shape index (κ1) is 16.6. The molecule has 1 N–H and O–H groups in total. The molecule has 3 saturated carbocycles. The molecule has 0 radical (unpaired) electrons. The van der Waals surface area contributed by atoms with Crippen molar-refractivity contribution >= 4 is 23.5 Å². The van der Waals surface area contributed by atoms with E-state index in [1.54, 1.807) is 0 Å². The molecule has 5 aliphatic rings. The van der Waals surface area contributed by atoms with Gasteiger partial charge < -0.3 is 5.11 Å². The lowest BCUT2D eigenvalue weighted by atomic mass is 9.47. The summed E-state index contributed by atoms with van der Waals surface area (Å²) in [4.78, 5) is 0. The Morgan fingerprint density at radius 2 is 1.75 bits per heavy atom. The van der Waals surface area contributed by atoms with E-state index in [2.05, 4.69) is 43.4 Å². The van der Waals surface area contributed by atoms with Crippen LogP contribution in [0.1, 0.15) is 65.2 Å². The Hall–Kier alpha value is 0.400. The molecular weight excluding hydrogens is 332 g/mol. The van der Waals surface area contributed by atoms with Crippen LogP contribution >= 0.6 is 23.5 Å². The van der Waals surface area contributed by atoms with Gasteiger partial charge in [-0.1, -0.05) is 25.5 Å². The van der Waals surface area contributed by atoms with Crippen LogP contribution in [0.25, 0.3) is 0 Å². The van der Waals surface area contributed by atoms with Crippen molar-refractivity contribution in [1.82, 2.24) is 0 Å². The number of rotatable bonds is 0. The summed E-state index contributed by atoms with van der Waals surface area (Å²) in [6, 6.07) is 0. The highest BCUT2D eigenvalue weighted by atomic mass is 32.2. The molecule has 0 aromatic heterocycles. The molecule has 0 amide bonds. The number of fused-ring (bicyclic) bond motifs is 5. The van der Waals surface area contributed by atoms with E-state index in [-0.39, 0.29) is 11.5 Å². The molecule has 3 unspecified atom stereocenters. The fourth-order valence-electron chi connectivity index (χ4n) is 7.35. The van der Waals surface area contributed by atoms with E-state index in [0.29, 0.717) is 9.49 Å². The zero-order valence-corrected chi connectivity index (χ0v) is 16.9. The van der Waals surface area contributed by atoms with Gasteiger partial charge in [0, 0.05) is 11.5 Å². The SMILES string of the molecule is C[C@]12CCC3(C=C1CCC1C2CC[C@@]2(C)C1CC[C@@H]2O)SCCS3. The minimum Gasteiger partial charge on any atom is -0.393 e. The van der Waals surface area contributed by atoms with E-state index in [4.69, 9.17) is 0 Å². The predicted octanol–water partition coefficient (Wildman–Crippen LogP) is 5.49. The summed E-state index contributed by atoms with van der Waals surface area (Å²) in [5, 5.41) is 10.6. The maximum atomic E-state index is 10.6. The highest BCUT2D eigenvalue weighted by molar-refractivity contribution is 8.21. The molecule has 5 rings (SSSR count). The van der Waals surface area contributed by atoms with E-state index in [0.717, 1.165) is 24.2 Å². The van der Waals surface area contributed by atoms with Gasteiger partial charge in [0.25, 0.3) is 0 Å². The molecule has 134 valence electrons. The van der Waals surface area contributed by atoms with Crippen LogP contribution in [0.2, 0.25) is 0 Å². The maximum Gasteiger partial charge on any atom is 0.0795 e. The second kappa shape index (κ2) is 5.45. The highest BCUT2D eigenvalue weighted by Gasteiger charge is 2.59. The minimum atomic E-state index is -0.0332. The smallest absolute Gasteiger partial charge is 0.0795 e. The van der Waals surface area contributed by atoms with E-state index < -0.39 is 0 Å². The van der Waals surface area contributed by atoms with Crippen LogP contribution in [-0.4, -0.2) is 26.8 Å². The van der Waals surface area contributed by atoms with Crippen molar-refractivity contribution in [2.75, 3.05) is 11.5 Å². The Labute approximate surface area is 155 Å². The minimum absolute atomic E-state index is 0.0332. The normalized spacial score (nSPS) is 52.5. The standard InChI is InChI=1S/C21H32OS2/c1-19-9-10-21(23-11-12-24-21)13-14(19)3-4-15-16-5-6-18(22)20(16,2)8-7-17(15)19/h13,15-18,22H,3-12H2,1-2H3/t15?,16?,17?,18-,19-,20-/m0/s1. The first-order chi connectivity index (χ1) is 11.5. The Kier molecular flexibility index (Phi) is 3.76. The quantitative estimate of drug-likeness (QED) is 0.574. The molecule has 0 aromatic rings. The molecule has 4 fully saturated rings. The summed E-state index contributed by atoms with van der Waals surface area (Å²) in [6.45, 7) is 5.02. The van der Waals surface area contributed by atoms with Crippen molar-refractivity contribution in [3.8, 4) is 0 Å². The summed E-state index contributed by atoms with van der Waals surface area (Å²) in [7, 11) is 0. The third kappa shape index (κ3) is 2.13. The third-order valence-electron chi connectivity index (χ3n) is 8.85. The molecule has 4 aliphatic carbocycles. The third-order valence-corrected chi connectivity index (χ3v) is 12.3. The topological polar surface area (TPSA) is 20.2 Å². The molecule has 1 saturated heterocycles. The zero-order chi connectivity index (χ0) is 16.6. The predicted molar refractivity (Wildman–Crippen MR) is 105 cm³/mol. The van der Waals surface area contributed by atoms with E-state index >= 15 is 0 Å². The summed E-state index contributed by atoms with van der Waals surface area (Å²) < 4.78 is 0.439. The van der Waals surface area contributed by atoms with Gasteiger partial charge in [-0.15, -0.1) is 23.5 Å². The lowest BCUT2D eigenvalue weighted by Crippen LogP contribution is -2.51. The highest BCUT2D eigenvalue weighted by Crippen LogP contribution is 2.67. The van der Waals surface area contributed by atoms with Crippen LogP contribution in [0.15, 0.2) is 11.6 Å². The average Bonchev–Trinajstić information content (AvgIpc) is 3.14. The summed E-state index contributed by atoms with van der Waals surface area (Å²) in [5.74, 6) is 5.23. The number of aliphatic hydroxyl groups excluding tert-OH is 1. The molecule has 1 aliphatic heterocycles. The van der Waals surface area contributed by atoms with Crippen LogP contribution < -0.4 is 0 Å². The molecule has 0 aromatic carbocycles. The number of aliphatic hydroxyl groups is 1. The first-order valence-electron chi connectivity index (χ1n) is 10.2. The van der Waals surface area contributed by atoms with Crippen molar-refractivity contribution in [3.63, 3.8) is 0 Å². The van der Waals surface area contributed by atoms with E-state index in [1.165, 1.54) is 56.5 Å². The van der Waals surface area contributed by atoms with Gasteiger partial charge in [-0.2, -0.15) is 0 Å². The van der Waals surface area contributed by atoms with Gasteiger partial charge in [0.2, 0.25) is 0 Å². The average molecular weight is 365 g/mol. The largest absolute Gasteiger partial charge is 0.393 e. The van der Waals surface area contributed by atoms with Crippen LogP contribution in [-0.2, 0) is 0 Å². The molecule has 1 heterocycles. The van der Waals surface area contributed by atoms with Crippen molar-refractivity contribution in [3.05, 3.63) is 11.6 Å². The Morgan fingerprint density at radius 3 is 2.54 bits per heavy atom. The number of allylic oxidation sites excluding steroid dienone is 1. The maximum absolute atomic E-state index is 10.6. The van der Waals surface area contributed by atoms with Gasteiger partial charge in [0.15, 0.2) is 0 Å². The first-order valence-corrected chi connectivity index (χ1v) is 12.1. The van der Waals surface area contributed by atoms with Gasteiger partial charge in [-0.05, 0) is 80.0 Å².